The van der Waals surface area contributed by atoms with E-state index in [1.54, 1.807) is 0 Å². The lowest BCUT2D eigenvalue weighted by atomic mass is 9.12. The normalized spacial score (nSPS) is 16.4. The minimum absolute atomic E-state index is 0.482. The van der Waals surface area contributed by atoms with Crippen molar-refractivity contribution in [2.24, 2.45) is 0 Å². The van der Waals surface area contributed by atoms with Gasteiger partial charge in [-0.05, 0) is 77.0 Å². The zero-order valence-electron chi connectivity index (χ0n) is 37.9. The quantitative estimate of drug-likeness (QED) is 0.0340. The second kappa shape index (κ2) is 22.0. The molecular formula is C50H40BF20OP. The van der Waals surface area contributed by atoms with Crippen molar-refractivity contribution >= 4 is 41.0 Å². The van der Waals surface area contributed by atoms with E-state index in [4.69, 9.17) is 0 Å². The van der Waals surface area contributed by atoms with Crippen LogP contribution in [0.5, 0.6) is 0 Å². The van der Waals surface area contributed by atoms with Crippen molar-refractivity contribution in [2.45, 2.75) is 113 Å². The Bertz CT molecular complexity index is 2490. The first kappa shape index (κ1) is 55.6. The molecular weight excluding hydrogens is 1040 g/mol. The third-order valence-electron chi connectivity index (χ3n) is 15.0. The van der Waals surface area contributed by atoms with E-state index < -0.39 is 152 Å². The summed E-state index contributed by atoms with van der Waals surface area (Å²) in [6.07, 6.45) is 15.1. The number of carbonyl (C=O) groups excluding carboxylic acids is 1. The summed E-state index contributed by atoms with van der Waals surface area (Å²) in [6.45, 7) is 0. The Morgan fingerprint density at radius 2 is 0.534 bits per heavy atom. The third kappa shape index (κ3) is 9.31. The average Bonchev–Trinajstić information content (AvgIpc) is 3.41. The van der Waals surface area contributed by atoms with E-state index in [0.717, 1.165) is 28.7 Å². The second-order valence-electron chi connectivity index (χ2n) is 18.6. The molecule has 0 atom stereocenters. The Morgan fingerprint density at radius 3 is 0.753 bits per heavy atom. The Kier molecular flexibility index (Phi) is 16.7. The van der Waals surface area contributed by atoms with Crippen LogP contribution in [0.3, 0.4) is 0 Å². The van der Waals surface area contributed by atoms with Gasteiger partial charge in [0, 0.05) is 12.8 Å². The number of Topliss-reactive ketones (excluding diaryl/α,β-unsaturated/α-hetero) is 1. The first-order chi connectivity index (χ1) is 34.5. The fourth-order valence-electron chi connectivity index (χ4n) is 11.8. The van der Waals surface area contributed by atoms with E-state index in [-0.39, 0.29) is 0 Å². The first-order valence-corrected chi connectivity index (χ1v) is 25.4. The lowest BCUT2D eigenvalue weighted by Gasteiger charge is -2.48. The van der Waals surface area contributed by atoms with Crippen LogP contribution < -0.4 is 21.9 Å². The summed E-state index contributed by atoms with van der Waals surface area (Å²) < 4.78 is 294. The van der Waals surface area contributed by atoms with Gasteiger partial charge in [-0.15, -0.1) is 21.9 Å². The molecule has 1 nitrogen and oxygen atoms in total. The Morgan fingerprint density at radius 1 is 0.329 bits per heavy atom. The molecule has 0 amide bonds. The Balaban J connectivity index is 0.000000237. The molecule has 0 heterocycles. The summed E-state index contributed by atoms with van der Waals surface area (Å²) >= 11 is 0. The summed E-state index contributed by atoms with van der Waals surface area (Å²) in [5.74, 6) is -70.9. The van der Waals surface area contributed by atoms with E-state index in [0.29, 0.717) is 5.78 Å². The number of rotatable bonds is 10. The number of carbonyl (C=O) groups is 1. The summed E-state index contributed by atoms with van der Waals surface area (Å²) in [4.78, 5) is 13.6. The summed E-state index contributed by atoms with van der Waals surface area (Å²) in [5, 5.41) is 0. The number of benzene rings is 5. The van der Waals surface area contributed by atoms with Crippen molar-refractivity contribution in [1.29, 1.82) is 0 Å². The molecule has 73 heavy (non-hydrogen) atoms. The number of ketones is 1. The fraction of sp³-hybridized carbons (Fsp3) is 0.380. The highest BCUT2D eigenvalue weighted by Crippen LogP contribution is 2.77. The van der Waals surface area contributed by atoms with Gasteiger partial charge in [0.05, 0.1) is 17.0 Å². The standard InChI is InChI=1S/C26H40OP.C24BF20/c27-26(22-13-5-1-6-14-22)21-28(23-15-7-2-8-16-23,24-17-9-3-10-18-24)25-19-11-4-12-20-25;26-5-1(6(27)14(35)21(42)13(5)34)25(2-7(28)15(36)22(43)16(37)8(2)29,3-9(30)17(38)23(44)18(39)10(3)31)4-11(32)19(40)24(45)20(41)12(4)33/h1,5-6,13-14,23-25H,2-4,7-12,15-21H2;/q+1;-1. The minimum atomic E-state index is -7.22. The van der Waals surface area contributed by atoms with E-state index in [1.807, 2.05) is 6.07 Å². The molecule has 8 rings (SSSR count). The van der Waals surface area contributed by atoms with Gasteiger partial charge in [-0.25, -0.2) is 87.8 Å². The van der Waals surface area contributed by atoms with Crippen LogP contribution in [-0.2, 0) is 0 Å². The molecule has 0 aromatic heterocycles. The summed E-state index contributed by atoms with van der Waals surface area (Å²) in [6, 6.07) is 10.3. The predicted molar refractivity (Wildman–Crippen MR) is 232 cm³/mol. The second-order valence-corrected chi connectivity index (χ2v) is 23.1. The molecule has 0 N–H and O–H groups in total. The number of hydrogen-bond acceptors (Lipinski definition) is 1. The fourth-order valence-corrected chi connectivity index (χ4v) is 19.0. The van der Waals surface area contributed by atoms with Crippen LogP contribution in [0.25, 0.3) is 0 Å². The summed E-state index contributed by atoms with van der Waals surface area (Å²) in [5.41, 5.74) is -10.6. The molecule has 0 unspecified atom stereocenters. The van der Waals surface area contributed by atoms with Crippen molar-refractivity contribution < 1.29 is 92.6 Å². The van der Waals surface area contributed by atoms with E-state index in [2.05, 4.69) is 24.3 Å². The molecule has 3 aliphatic rings. The monoisotopic (exact) mass is 1080 g/mol. The van der Waals surface area contributed by atoms with Crippen molar-refractivity contribution in [3.05, 3.63) is 152 Å². The Labute approximate surface area is 404 Å². The largest absolute Gasteiger partial charge is 0.290 e. The van der Waals surface area contributed by atoms with Crippen molar-refractivity contribution in [1.82, 2.24) is 0 Å². The van der Waals surface area contributed by atoms with Gasteiger partial charge in [0.15, 0.2) is 75.6 Å². The molecule has 0 aliphatic heterocycles. The topological polar surface area (TPSA) is 17.1 Å². The lowest BCUT2D eigenvalue weighted by molar-refractivity contribution is 0.101. The van der Waals surface area contributed by atoms with E-state index >= 15 is 35.1 Å². The highest BCUT2D eigenvalue weighted by atomic mass is 31.2. The van der Waals surface area contributed by atoms with Crippen LogP contribution in [-0.4, -0.2) is 35.1 Å². The highest BCUT2D eigenvalue weighted by Gasteiger charge is 2.58. The molecule has 5 aromatic carbocycles. The third-order valence-corrected chi connectivity index (χ3v) is 21.4. The molecule has 3 saturated carbocycles. The molecule has 0 radical (unpaired) electrons. The van der Waals surface area contributed by atoms with Gasteiger partial charge < -0.3 is 0 Å². The first-order valence-electron chi connectivity index (χ1n) is 23.2. The van der Waals surface area contributed by atoms with Gasteiger partial charge >= 0.3 is 0 Å². The highest BCUT2D eigenvalue weighted by molar-refractivity contribution is 7.78. The van der Waals surface area contributed by atoms with Crippen molar-refractivity contribution in [2.75, 3.05) is 6.16 Å². The SMILES string of the molecule is Fc1c(F)c(F)c([B-](c2c(F)c(F)c(F)c(F)c2F)(c2c(F)c(F)c(F)c(F)c2F)c2c(F)c(F)c(F)c(F)c2F)c(F)c1F.O=C(C[P+](C1CCCCC1)(C1CCCCC1)C1CCCCC1)c1ccccc1. The van der Waals surface area contributed by atoms with E-state index in [1.165, 1.54) is 96.3 Å². The van der Waals surface area contributed by atoms with Crippen LogP contribution in [0.15, 0.2) is 30.3 Å². The minimum Gasteiger partial charge on any atom is -0.290 e. The average molecular weight is 1080 g/mol. The maximum absolute atomic E-state index is 15.4. The van der Waals surface area contributed by atoms with E-state index in [9.17, 15) is 57.5 Å². The maximum atomic E-state index is 15.4. The van der Waals surface area contributed by atoms with Gasteiger partial charge in [0.25, 0.3) is 0 Å². The van der Waals surface area contributed by atoms with Gasteiger partial charge in [-0.1, -0.05) is 49.6 Å². The maximum Gasteiger partial charge on any atom is 0.200 e. The molecule has 0 spiro atoms. The van der Waals surface area contributed by atoms with Gasteiger partial charge in [-0.3, -0.25) is 4.79 Å². The molecule has 3 fully saturated rings. The van der Waals surface area contributed by atoms with Crippen LogP contribution in [0.2, 0.25) is 0 Å². The zero-order valence-corrected chi connectivity index (χ0v) is 38.8. The predicted octanol–water partition coefficient (Wildman–Crippen LogP) is 13.7. The van der Waals surface area contributed by atoms with Gasteiger partial charge in [0.2, 0.25) is 0 Å². The van der Waals surface area contributed by atoms with Crippen LogP contribution in [0.1, 0.15) is 107 Å². The van der Waals surface area contributed by atoms with Gasteiger partial charge in [0.1, 0.15) is 58.8 Å². The number of hydrogen-bond donors (Lipinski definition) is 0. The van der Waals surface area contributed by atoms with Crippen LogP contribution in [0, 0.1) is 116 Å². The smallest absolute Gasteiger partial charge is 0.200 e. The molecule has 3 aliphatic carbocycles. The lowest BCUT2D eigenvalue weighted by Crippen LogP contribution is -2.81. The molecule has 0 saturated heterocycles. The van der Waals surface area contributed by atoms with Crippen molar-refractivity contribution in [3.8, 4) is 0 Å². The van der Waals surface area contributed by atoms with Gasteiger partial charge in [-0.2, -0.15) is 0 Å². The van der Waals surface area contributed by atoms with Crippen LogP contribution in [0.4, 0.5) is 87.8 Å². The molecule has 0 bridgehead atoms. The summed E-state index contributed by atoms with van der Waals surface area (Å²) in [7, 11) is -1.29. The number of halogens is 20. The van der Waals surface area contributed by atoms with Crippen molar-refractivity contribution in [3.63, 3.8) is 0 Å². The molecule has 23 heteroatoms. The molecule has 5 aromatic rings. The zero-order chi connectivity index (χ0) is 53.6. The Hall–Kier alpha value is -5.14. The molecule has 394 valence electrons. The van der Waals surface area contributed by atoms with Crippen LogP contribution >= 0.6 is 7.26 Å².